The first-order valence-electron chi connectivity index (χ1n) is 2.99. The SMILES string of the molecule is [N]=Nc1ccccc1C(N)=O. The number of primary amides is 1. The molecule has 0 unspecified atom stereocenters. The molecule has 1 rings (SSSR count). The fourth-order valence-electron chi connectivity index (χ4n) is 0.769. The summed E-state index contributed by atoms with van der Waals surface area (Å²) in [6.07, 6.45) is 0. The molecule has 2 N–H and O–H groups in total. The molecule has 0 atom stereocenters. The molecular weight excluding hydrogens is 142 g/mol. The lowest BCUT2D eigenvalue weighted by Gasteiger charge is -1.96. The Morgan fingerprint density at radius 1 is 1.45 bits per heavy atom. The number of rotatable bonds is 2. The molecule has 1 aromatic carbocycles. The molecule has 11 heavy (non-hydrogen) atoms. The first kappa shape index (κ1) is 7.40. The van der Waals surface area contributed by atoms with Crippen molar-refractivity contribution in [3.05, 3.63) is 29.8 Å². The van der Waals surface area contributed by atoms with Gasteiger partial charge in [-0.25, -0.2) is 0 Å². The largest absolute Gasteiger partial charge is 0.366 e. The van der Waals surface area contributed by atoms with Gasteiger partial charge >= 0.3 is 0 Å². The van der Waals surface area contributed by atoms with Crippen molar-refractivity contribution in [1.82, 2.24) is 5.53 Å². The van der Waals surface area contributed by atoms with E-state index < -0.39 is 5.91 Å². The number of carbonyl (C=O) groups excluding carboxylic acids is 1. The number of benzene rings is 1. The lowest BCUT2D eigenvalue weighted by Crippen LogP contribution is -2.10. The lowest BCUT2D eigenvalue weighted by atomic mass is 10.2. The molecule has 0 spiro atoms. The molecule has 0 fully saturated rings. The first-order chi connectivity index (χ1) is 5.25. The quantitative estimate of drug-likeness (QED) is 0.614. The third-order valence-electron chi connectivity index (χ3n) is 1.28. The highest BCUT2D eigenvalue weighted by Crippen LogP contribution is 2.16. The van der Waals surface area contributed by atoms with Crippen LogP contribution in [0.2, 0.25) is 0 Å². The molecule has 4 heteroatoms. The van der Waals surface area contributed by atoms with Gasteiger partial charge in [-0.1, -0.05) is 12.1 Å². The maximum atomic E-state index is 10.6. The van der Waals surface area contributed by atoms with E-state index in [1.54, 1.807) is 12.1 Å². The molecule has 0 bridgehead atoms. The van der Waals surface area contributed by atoms with E-state index in [0.717, 1.165) is 0 Å². The third-order valence-corrected chi connectivity index (χ3v) is 1.28. The van der Waals surface area contributed by atoms with Gasteiger partial charge in [0.1, 0.15) is 5.69 Å². The maximum Gasteiger partial charge on any atom is 0.250 e. The molecule has 0 aromatic heterocycles. The highest BCUT2D eigenvalue weighted by atomic mass is 16.1. The second kappa shape index (κ2) is 2.92. The Hall–Kier alpha value is -1.71. The molecule has 0 heterocycles. The van der Waals surface area contributed by atoms with Gasteiger partial charge in [-0.2, -0.15) is 0 Å². The summed E-state index contributed by atoms with van der Waals surface area (Å²) >= 11 is 0. The topological polar surface area (TPSA) is 77.8 Å². The Kier molecular flexibility index (Phi) is 1.96. The normalized spacial score (nSPS) is 9.09. The summed E-state index contributed by atoms with van der Waals surface area (Å²) in [5.74, 6) is -0.599. The number of amides is 1. The number of hydrogen-bond acceptors (Lipinski definition) is 2. The van der Waals surface area contributed by atoms with Crippen LogP contribution in [-0.2, 0) is 0 Å². The van der Waals surface area contributed by atoms with Gasteiger partial charge in [0.2, 0.25) is 0 Å². The fraction of sp³-hybridized carbons (Fsp3) is 0. The summed E-state index contributed by atoms with van der Waals surface area (Å²) in [4.78, 5) is 10.6. The van der Waals surface area contributed by atoms with E-state index in [-0.39, 0.29) is 11.3 Å². The van der Waals surface area contributed by atoms with Crippen LogP contribution in [0, 0.1) is 0 Å². The van der Waals surface area contributed by atoms with Crippen LogP contribution >= 0.6 is 0 Å². The van der Waals surface area contributed by atoms with Crippen molar-refractivity contribution in [3.8, 4) is 0 Å². The zero-order valence-electron chi connectivity index (χ0n) is 5.69. The molecule has 0 aliphatic heterocycles. The average molecular weight is 148 g/mol. The summed E-state index contributed by atoms with van der Waals surface area (Å²) in [7, 11) is 0. The minimum atomic E-state index is -0.599. The van der Waals surface area contributed by atoms with Crippen LogP contribution in [0.3, 0.4) is 0 Å². The number of nitrogens with two attached hydrogens (primary N) is 1. The Morgan fingerprint density at radius 3 is 2.55 bits per heavy atom. The second-order valence-corrected chi connectivity index (χ2v) is 1.98. The number of carbonyl (C=O) groups is 1. The van der Waals surface area contributed by atoms with Gasteiger partial charge in [0, 0.05) is 0 Å². The Balaban J connectivity index is 3.22. The van der Waals surface area contributed by atoms with Crippen molar-refractivity contribution >= 4 is 11.6 Å². The summed E-state index contributed by atoms with van der Waals surface area (Å²) in [6, 6.07) is 6.30. The van der Waals surface area contributed by atoms with Crippen molar-refractivity contribution < 1.29 is 4.79 Å². The molecule has 4 nitrogen and oxygen atoms in total. The molecule has 55 valence electrons. The number of nitrogens with zero attached hydrogens (tertiary/aromatic N) is 2. The van der Waals surface area contributed by atoms with E-state index in [1.165, 1.54) is 12.1 Å². The highest BCUT2D eigenvalue weighted by molar-refractivity contribution is 5.97. The summed E-state index contributed by atoms with van der Waals surface area (Å²) in [5.41, 5.74) is 13.8. The van der Waals surface area contributed by atoms with Gasteiger partial charge in [0.15, 0.2) is 0 Å². The van der Waals surface area contributed by atoms with E-state index in [1.807, 2.05) is 0 Å². The standard InChI is InChI=1S/C7H6N3O/c8-7(11)5-3-1-2-4-6(5)10-9/h1-4H,(H2,8,11). The summed E-state index contributed by atoms with van der Waals surface area (Å²) in [6.45, 7) is 0. The highest BCUT2D eigenvalue weighted by Gasteiger charge is 2.04. The Labute approximate surface area is 63.5 Å². The van der Waals surface area contributed by atoms with Crippen molar-refractivity contribution in [2.24, 2.45) is 10.8 Å². The van der Waals surface area contributed by atoms with E-state index in [2.05, 4.69) is 5.11 Å². The molecule has 0 saturated heterocycles. The van der Waals surface area contributed by atoms with Crippen molar-refractivity contribution in [1.29, 1.82) is 0 Å². The average Bonchev–Trinajstić information content (AvgIpc) is 2.04. The molecule has 1 radical (unpaired) electrons. The van der Waals surface area contributed by atoms with Gasteiger partial charge in [-0.3, -0.25) is 4.79 Å². The summed E-state index contributed by atoms with van der Waals surface area (Å²) < 4.78 is 0. The predicted octanol–water partition coefficient (Wildman–Crippen LogP) is 0.669. The van der Waals surface area contributed by atoms with Crippen LogP contribution < -0.4 is 11.3 Å². The van der Waals surface area contributed by atoms with Crippen LogP contribution in [0.5, 0.6) is 0 Å². The van der Waals surface area contributed by atoms with Gasteiger partial charge < -0.3 is 5.73 Å². The lowest BCUT2D eigenvalue weighted by molar-refractivity contribution is 0.100. The van der Waals surface area contributed by atoms with Gasteiger partial charge in [-0.15, -0.1) is 5.11 Å². The van der Waals surface area contributed by atoms with Crippen LogP contribution in [0.25, 0.3) is 0 Å². The van der Waals surface area contributed by atoms with Gasteiger partial charge in [-0.05, 0) is 17.7 Å². The van der Waals surface area contributed by atoms with Gasteiger partial charge in [0.05, 0.1) is 5.56 Å². The summed E-state index contributed by atoms with van der Waals surface area (Å²) in [5, 5.41) is 2.89. The van der Waals surface area contributed by atoms with Crippen LogP contribution in [0.1, 0.15) is 10.4 Å². The molecular formula is C7H6N3O. The molecule has 1 aromatic rings. The zero-order valence-corrected chi connectivity index (χ0v) is 5.69. The first-order valence-corrected chi connectivity index (χ1v) is 2.99. The van der Waals surface area contributed by atoms with Crippen LogP contribution in [0.4, 0.5) is 5.69 Å². The van der Waals surface area contributed by atoms with E-state index >= 15 is 0 Å². The monoisotopic (exact) mass is 148 g/mol. The van der Waals surface area contributed by atoms with Crippen molar-refractivity contribution in [2.75, 3.05) is 0 Å². The maximum absolute atomic E-state index is 10.6. The van der Waals surface area contributed by atoms with Crippen molar-refractivity contribution in [3.63, 3.8) is 0 Å². The van der Waals surface area contributed by atoms with E-state index in [9.17, 15) is 4.79 Å². The zero-order chi connectivity index (χ0) is 8.27. The van der Waals surface area contributed by atoms with Crippen LogP contribution in [0.15, 0.2) is 29.4 Å². The fourth-order valence-corrected chi connectivity index (χ4v) is 0.769. The molecule has 0 aliphatic rings. The molecule has 1 amide bonds. The predicted molar refractivity (Wildman–Crippen MR) is 39.2 cm³/mol. The Morgan fingerprint density at radius 2 is 2.09 bits per heavy atom. The van der Waals surface area contributed by atoms with Crippen LogP contribution in [-0.4, -0.2) is 5.91 Å². The Bertz CT molecular complexity index is 295. The minimum absolute atomic E-state index is 0.194. The van der Waals surface area contributed by atoms with Gasteiger partial charge in [0.25, 0.3) is 5.91 Å². The van der Waals surface area contributed by atoms with Crippen molar-refractivity contribution in [2.45, 2.75) is 0 Å². The second-order valence-electron chi connectivity index (χ2n) is 1.98. The third kappa shape index (κ3) is 1.40. The smallest absolute Gasteiger partial charge is 0.250 e. The van der Waals surface area contributed by atoms with E-state index in [0.29, 0.717) is 0 Å². The minimum Gasteiger partial charge on any atom is -0.366 e. The number of hydrogen-bond donors (Lipinski definition) is 1. The molecule has 0 saturated carbocycles. The molecule has 0 aliphatic carbocycles. The van der Waals surface area contributed by atoms with E-state index in [4.69, 9.17) is 11.3 Å².